The minimum absolute atomic E-state index is 0.0909. The first-order valence-electron chi connectivity index (χ1n) is 6.91. The normalized spacial score (nSPS) is 20.0. The van der Waals surface area contributed by atoms with Crippen LogP contribution in [-0.4, -0.2) is 31.4 Å². The number of fused-ring (bicyclic) bond motifs is 1. The maximum absolute atomic E-state index is 10.7. The Kier molecular flexibility index (Phi) is 4.19. The van der Waals surface area contributed by atoms with Crippen molar-refractivity contribution in [1.29, 1.82) is 0 Å². The Bertz CT molecular complexity index is 806. The second-order valence-electron chi connectivity index (χ2n) is 5.31. The van der Waals surface area contributed by atoms with E-state index in [0.29, 0.717) is 11.1 Å². The largest absolute Gasteiger partial charge is 0.747 e. The van der Waals surface area contributed by atoms with E-state index in [9.17, 15) is 25.0 Å². The summed E-state index contributed by atoms with van der Waals surface area (Å²) in [6, 6.07) is 6.47. The van der Waals surface area contributed by atoms with Crippen LogP contribution in [0.25, 0.3) is 0 Å². The molecule has 1 aliphatic rings. The standard InChI is InChI=1S/C15H13O8P/c16-8-4-10(17)9-6-12(19)15(22-14(9)5-8)7-1-2-13(11(18)3-7)23-24(20)21/h1-5,12,15,19H,6H2,(H3-,16,17,18,20,21)/p+1/t12-,15+/m0/s1. The Balaban J connectivity index is 1.92. The van der Waals surface area contributed by atoms with Gasteiger partial charge in [0.25, 0.3) is 0 Å². The van der Waals surface area contributed by atoms with Gasteiger partial charge < -0.3 is 25.2 Å². The molecule has 0 saturated heterocycles. The van der Waals surface area contributed by atoms with Gasteiger partial charge >= 0.3 is 8.25 Å². The summed E-state index contributed by atoms with van der Waals surface area (Å²) in [5.74, 6) is -0.699. The van der Waals surface area contributed by atoms with Crippen molar-refractivity contribution in [3.05, 3.63) is 41.5 Å². The summed E-state index contributed by atoms with van der Waals surface area (Å²) in [5.41, 5.74) is 0.770. The van der Waals surface area contributed by atoms with E-state index in [1.807, 2.05) is 0 Å². The zero-order valence-corrected chi connectivity index (χ0v) is 13.1. The highest BCUT2D eigenvalue weighted by Gasteiger charge is 2.33. The van der Waals surface area contributed by atoms with Gasteiger partial charge in [0, 0.05) is 28.7 Å². The van der Waals surface area contributed by atoms with Gasteiger partial charge in [0.2, 0.25) is 5.75 Å². The molecule has 3 atom stereocenters. The molecule has 0 saturated carbocycles. The molecular weight excluding hydrogens is 339 g/mol. The van der Waals surface area contributed by atoms with Crippen molar-refractivity contribution in [3.63, 3.8) is 0 Å². The molecule has 3 rings (SSSR count). The van der Waals surface area contributed by atoms with E-state index in [1.165, 1.54) is 24.3 Å². The van der Waals surface area contributed by atoms with Crippen molar-refractivity contribution in [2.75, 3.05) is 0 Å². The van der Waals surface area contributed by atoms with E-state index in [1.54, 1.807) is 0 Å². The van der Waals surface area contributed by atoms with E-state index in [0.717, 1.165) is 6.07 Å². The minimum Gasteiger partial charge on any atom is -0.508 e. The van der Waals surface area contributed by atoms with Crippen molar-refractivity contribution < 1.29 is 39.1 Å². The van der Waals surface area contributed by atoms with Crippen LogP contribution in [0, 0.1) is 0 Å². The summed E-state index contributed by atoms with van der Waals surface area (Å²) >= 11 is 0. The van der Waals surface area contributed by atoms with E-state index < -0.39 is 20.5 Å². The zero-order valence-electron chi connectivity index (χ0n) is 12.2. The Morgan fingerprint density at radius 3 is 2.54 bits per heavy atom. The summed E-state index contributed by atoms with van der Waals surface area (Å²) in [4.78, 5) is 8.72. The molecule has 1 heterocycles. The number of aliphatic hydroxyl groups excluding tert-OH is 1. The average Bonchev–Trinajstić information content (AvgIpc) is 2.49. The lowest BCUT2D eigenvalue weighted by Crippen LogP contribution is -2.30. The molecule has 1 aliphatic heterocycles. The molecule has 9 heteroatoms. The molecule has 0 bridgehead atoms. The van der Waals surface area contributed by atoms with Crippen molar-refractivity contribution in [3.8, 4) is 28.7 Å². The smallest absolute Gasteiger partial charge is 0.508 e. The number of hydrogen-bond donors (Lipinski definition) is 5. The summed E-state index contributed by atoms with van der Waals surface area (Å²) in [5, 5.41) is 39.5. The third kappa shape index (κ3) is 3.07. The maximum atomic E-state index is 10.7. The number of benzene rings is 2. The van der Waals surface area contributed by atoms with Gasteiger partial charge in [-0.15, -0.1) is 4.89 Å². The topological polar surface area (TPSA) is 137 Å². The van der Waals surface area contributed by atoms with Crippen molar-refractivity contribution in [2.45, 2.75) is 18.6 Å². The number of ether oxygens (including phenoxy) is 1. The van der Waals surface area contributed by atoms with Crippen LogP contribution in [0.15, 0.2) is 30.3 Å². The predicted molar refractivity (Wildman–Crippen MR) is 81.4 cm³/mol. The predicted octanol–water partition coefficient (Wildman–Crippen LogP) is 1.87. The summed E-state index contributed by atoms with van der Waals surface area (Å²) in [6.07, 6.45) is -1.77. The van der Waals surface area contributed by atoms with Gasteiger partial charge in [-0.2, -0.15) is 0 Å². The van der Waals surface area contributed by atoms with E-state index >= 15 is 0 Å². The third-order valence-electron chi connectivity index (χ3n) is 3.67. The van der Waals surface area contributed by atoms with E-state index in [2.05, 4.69) is 4.52 Å². The van der Waals surface area contributed by atoms with Crippen LogP contribution in [0.1, 0.15) is 17.2 Å². The lowest BCUT2D eigenvalue weighted by molar-refractivity contribution is 0.0197. The highest BCUT2D eigenvalue weighted by Crippen LogP contribution is 2.43. The van der Waals surface area contributed by atoms with Crippen LogP contribution in [0.4, 0.5) is 0 Å². The van der Waals surface area contributed by atoms with E-state index in [-0.39, 0.29) is 35.2 Å². The lowest BCUT2D eigenvalue weighted by Gasteiger charge is -2.31. The molecule has 0 spiro atoms. The van der Waals surface area contributed by atoms with Crippen LogP contribution in [-0.2, 0) is 11.0 Å². The molecule has 0 aromatic heterocycles. The zero-order chi connectivity index (χ0) is 17.4. The Labute approximate surface area is 137 Å². The number of phenolic OH excluding ortho intramolecular Hbond substituents is 3. The summed E-state index contributed by atoms with van der Waals surface area (Å²) in [7, 11) is -2.91. The monoisotopic (exact) mass is 353 g/mol. The van der Waals surface area contributed by atoms with Crippen molar-refractivity contribution in [2.24, 2.45) is 0 Å². The molecule has 0 amide bonds. The quantitative estimate of drug-likeness (QED) is 0.528. The van der Waals surface area contributed by atoms with Crippen LogP contribution in [0.2, 0.25) is 0 Å². The summed E-state index contributed by atoms with van der Waals surface area (Å²) < 4.78 is 20.8. The first kappa shape index (κ1) is 16.3. The fourth-order valence-electron chi connectivity index (χ4n) is 2.62. The third-order valence-corrected chi connectivity index (χ3v) is 4.03. The minimum atomic E-state index is -2.91. The van der Waals surface area contributed by atoms with Gasteiger partial charge in [-0.1, -0.05) is 6.07 Å². The number of phenols is 3. The number of aromatic hydroxyl groups is 3. The van der Waals surface area contributed by atoms with Crippen molar-refractivity contribution >= 4 is 8.25 Å². The van der Waals surface area contributed by atoms with Crippen molar-refractivity contribution in [1.82, 2.24) is 0 Å². The van der Waals surface area contributed by atoms with Crippen LogP contribution < -0.4 is 9.26 Å². The lowest BCUT2D eigenvalue weighted by atomic mass is 9.94. The van der Waals surface area contributed by atoms with Gasteiger partial charge in [0.1, 0.15) is 23.4 Å². The van der Waals surface area contributed by atoms with Gasteiger partial charge in [-0.25, -0.2) is 4.52 Å². The van der Waals surface area contributed by atoms with Gasteiger partial charge in [0.05, 0.1) is 6.10 Å². The second-order valence-corrected chi connectivity index (χ2v) is 5.97. The van der Waals surface area contributed by atoms with Crippen LogP contribution >= 0.6 is 8.25 Å². The highest BCUT2D eigenvalue weighted by atomic mass is 31.1. The second kappa shape index (κ2) is 6.16. The maximum Gasteiger partial charge on any atom is 0.747 e. The summed E-state index contributed by atoms with van der Waals surface area (Å²) in [6.45, 7) is 0. The van der Waals surface area contributed by atoms with Gasteiger partial charge in [0.15, 0.2) is 5.75 Å². The van der Waals surface area contributed by atoms with Gasteiger partial charge in [-0.05, 0) is 17.7 Å². The molecule has 2 aromatic rings. The van der Waals surface area contributed by atoms with E-state index in [4.69, 9.17) is 9.63 Å². The first-order valence-corrected chi connectivity index (χ1v) is 8.04. The Hall–Kier alpha value is -2.54. The number of hydrogen-bond acceptors (Lipinski definition) is 7. The van der Waals surface area contributed by atoms with Gasteiger partial charge in [-0.3, -0.25) is 0 Å². The molecule has 5 N–H and O–H groups in total. The highest BCUT2D eigenvalue weighted by molar-refractivity contribution is 7.32. The number of rotatable bonds is 3. The number of aliphatic hydroxyl groups is 1. The Morgan fingerprint density at radius 2 is 1.88 bits per heavy atom. The molecular formula is C15H14O8P+. The molecule has 1 unspecified atom stereocenters. The molecule has 0 aliphatic carbocycles. The fourth-order valence-corrected chi connectivity index (χ4v) is 2.94. The molecule has 0 fully saturated rings. The molecule has 8 nitrogen and oxygen atoms in total. The first-order chi connectivity index (χ1) is 11.3. The Morgan fingerprint density at radius 1 is 1.12 bits per heavy atom. The van der Waals surface area contributed by atoms with Crippen LogP contribution in [0.3, 0.4) is 0 Å². The molecule has 126 valence electrons. The fraction of sp³-hybridized carbons (Fsp3) is 0.200. The average molecular weight is 353 g/mol. The molecule has 0 radical (unpaired) electrons. The molecule has 2 aromatic carbocycles. The van der Waals surface area contributed by atoms with Crippen LogP contribution in [0.5, 0.6) is 28.7 Å². The SMILES string of the molecule is O=[P+](O)Oc1ccc([C@H]2Oc3cc(O)cc(O)c3C[C@@H]2O)cc1O. The molecule has 24 heavy (non-hydrogen) atoms.